The minimum atomic E-state index is -4.33. The van der Waals surface area contributed by atoms with Crippen molar-refractivity contribution in [3.05, 3.63) is 89.4 Å². The number of halogens is 3. The van der Waals surface area contributed by atoms with Crippen molar-refractivity contribution in [2.45, 2.75) is 4.90 Å². The number of hydrogen-bond donors (Lipinski definition) is 1. The summed E-state index contributed by atoms with van der Waals surface area (Å²) in [6, 6.07) is 11.1. The van der Waals surface area contributed by atoms with Crippen molar-refractivity contribution in [3.8, 4) is 5.88 Å². The Bertz CT molecular complexity index is 1500. The molecule has 7 nitrogen and oxygen atoms in total. The predicted octanol–water partition coefficient (Wildman–Crippen LogP) is 4.09. The summed E-state index contributed by atoms with van der Waals surface area (Å²) in [5.74, 6) is -5.98. The normalized spacial score (nSPS) is 11.4. The number of nitrogens with one attached hydrogen (secondary N) is 1. The van der Waals surface area contributed by atoms with Crippen LogP contribution in [0.25, 0.3) is 11.0 Å². The summed E-state index contributed by atoms with van der Waals surface area (Å²) >= 11 is 0. The Morgan fingerprint density at radius 1 is 0.970 bits per heavy atom. The van der Waals surface area contributed by atoms with E-state index < -0.39 is 44.5 Å². The van der Waals surface area contributed by atoms with E-state index in [1.165, 1.54) is 55.8 Å². The molecule has 0 saturated heterocycles. The van der Waals surface area contributed by atoms with Gasteiger partial charge in [0.25, 0.3) is 10.0 Å². The number of anilines is 1. The number of hydrogen-bond acceptors (Lipinski definition) is 6. The highest BCUT2D eigenvalue weighted by atomic mass is 32.2. The maximum Gasteiger partial charge on any atom is 0.261 e. The van der Waals surface area contributed by atoms with Crippen LogP contribution in [-0.2, 0) is 10.0 Å². The molecular formula is C22H14F3N3O4S. The number of nitrogens with zero attached hydrogens (tertiary/aromatic N) is 2. The van der Waals surface area contributed by atoms with Gasteiger partial charge in [-0.3, -0.25) is 9.52 Å². The molecule has 0 unspecified atom stereocenters. The molecule has 0 bridgehead atoms. The molecule has 0 amide bonds. The van der Waals surface area contributed by atoms with E-state index in [2.05, 4.69) is 9.97 Å². The van der Waals surface area contributed by atoms with Crippen LogP contribution >= 0.6 is 0 Å². The van der Waals surface area contributed by atoms with Crippen LogP contribution < -0.4 is 9.46 Å². The van der Waals surface area contributed by atoms with E-state index in [9.17, 15) is 22.0 Å². The third-order valence-electron chi connectivity index (χ3n) is 4.67. The van der Waals surface area contributed by atoms with Crippen LogP contribution in [0.5, 0.6) is 5.88 Å². The maximum atomic E-state index is 15.1. The molecule has 0 fully saturated rings. The molecule has 168 valence electrons. The summed E-state index contributed by atoms with van der Waals surface area (Å²) in [6.07, 6.45) is 1.35. The van der Waals surface area contributed by atoms with E-state index >= 15 is 4.39 Å². The summed E-state index contributed by atoms with van der Waals surface area (Å²) in [7, 11) is -2.97. The Labute approximate surface area is 185 Å². The second-order valence-electron chi connectivity index (χ2n) is 6.77. The van der Waals surface area contributed by atoms with Crippen molar-refractivity contribution in [1.82, 2.24) is 9.97 Å². The van der Waals surface area contributed by atoms with E-state index in [4.69, 9.17) is 4.74 Å². The molecule has 11 heteroatoms. The van der Waals surface area contributed by atoms with Gasteiger partial charge >= 0.3 is 0 Å². The monoisotopic (exact) mass is 473 g/mol. The average Bonchev–Trinajstić information content (AvgIpc) is 2.82. The number of sulfonamides is 1. The first-order valence-corrected chi connectivity index (χ1v) is 10.8. The summed E-state index contributed by atoms with van der Waals surface area (Å²) in [5, 5.41) is 0. The lowest BCUT2D eigenvalue weighted by molar-refractivity contribution is 0.103. The average molecular weight is 473 g/mol. The third kappa shape index (κ3) is 4.22. The Morgan fingerprint density at radius 2 is 1.70 bits per heavy atom. The summed E-state index contributed by atoms with van der Waals surface area (Å²) in [6.45, 7) is 0. The minimum absolute atomic E-state index is 0.146. The van der Waals surface area contributed by atoms with Gasteiger partial charge in [0.1, 0.15) is 0 Å². The predicted molar refractivity (Wildman–Crippen MR) is 113 cm³/mol. The number of carbonyl (C=O) groups excluding carboxylic acids is 1. The molecule has 0 spiro atoms. The minimum Gasteiger partial charge on any atom is -0.480 e. The molecule has 3 aromatic carbocycles. The van der Waals surface area contributed by atoms with Gasteiger partial charge < -0.3 is 4.74 Å². The van der Waals surface area contributed by atoms with Gasteiger partial charge in [-0.1, -0.05) is 18.2 Å². The number of carbonyl (C=O) groups is 1. The first-order valence-electron chi connectivity index (χ1n) is 9.32. The fraction of sp³-hybridized carbons (Fsp3) is 0.0455. The molecule has 0 atom stereocenters. The Hall–Kier alpha value is -3.99. The second kappa shape index (κ2) is 8.51. The molecular weight excluding hydrogens is 459 g/mol. The summed E-state index contributed by atoms with van der Waals surface area (Å²) in [5.41, 5.74) is -1.81. The Morgan fingerprint density at radius 3 is 2.39 bits per heavy atom. The fourth-order valence-electron chi connectivity index (χ4n) is 3.06. The topological polar surface area (TPSA) is 98.2 Å². The number of ether oxygens (including phenoxy) is 1. The number of ketones is 1. The zero-order valence-electron chi connectivity index (χ0n) is 16.8. The highest BCUT2D eigenvalue weighted by Crippen LogP contribution is 2.29. The Kier molecular flexibility index (Phi) is 5.73. The molecule has 0 aliphatic rings. The first-order chi connectivity index (χ1) is 15.7. The molecule has 1 aromatic heterocycles. The van der Waals surface area contributed by atoms with Crippen molar-refractivity contribution >= 4 is 32.5 Å². The number of rotatable bonds is 6. The van der Waals surface area contributed by atoms with Gasteiger partial charge in [0.05, 0.1) is 40.5 Å². The van der Waals surface area contributed by atoms with Crippen molar-refractivity contribution in [3.63, 3.8) is 0 Å². The highest BCUT2D eigenvalue weighted by molar-refractivity contribution is 7.92. The van der Waals surface area contributed by atoms with Crippen LogP contribution in [-0.4, -0.2) is 31.3 Å². The maximum absolute atomic E-state index is 15.1. The largest absolute Gasteiger partial charge is 0.480 e. The first kappa shape index (κ1) is 22.2. The Balaban J connectivity index is 1.79. The van der Waals surface area contributed by atoms with Crippen molar-refractivity contribution in [2.75, 3.05) is 11.8 Å². The number of fused-ring (bicyclic) bond motifs is 1. The lowest BCUT2D eigenvalue weighted by atomic mass is 10.0. The van der Waals surface area contributed by atoms with Gasteiger partial charge in [0, 0.05) is 11.6 Å². The van der Waals surface area contributed by atoms with Crippen molar-refractivity contribution in [2.24, 2.45) is 0 Å². The van der Waals surface area contributed by atoms with E-state index in [0.29, 0.717) is 11.6 Å². The zero-order chi connectivity index (χ0) is 23.8. The molecule has 0 aliphatic carbocycles. The van der Waals surface area contributed by atoms with Crippen LogP contribution in [0.2, 0.25) is 0 Å². The van der Waals surface area contributed by atoms with Gasteiger partial charge in [-0.15, -0.1) is 0 Å². The van der Waals surface area contributed by atoms with Gasteiger partial charge in [0.2, 0.25) is 5.88 Å². The molecule has 1 N–H and O–H groups in total. The van der Waals surface area contributed by atoms with Crippen molar-refractivity contribution < 1.29 is 31.1 Å². The standard InChI is InChI=1S/C22H14F3N3O4S/c1-32-18-11-26-15-8-7-12(9-16(15)27-18)22(29)19-20(24)14(23)10-17(21(19)25)28-33(30,31)13-5-3-2-4-6-13/h2-11,28H,1H3. The van der Waals surface area contributed by atoms with Crippen LogP contribution in [0, 0.1) is 17.5 Å². The fourth-order valence-corrected chi connectivity index (χ4v) is 4.13. The van der Waals surface area contributed by atoms with Gasteiger partial charge in [-0.2, -0.15) is 0 Å². The molecule has 4 rings (SSSR count). The van der Waals surface area contributed by atoms with E-state index in [-0.39, 0.29) is 21.9 Å². The van der Waals surface area contributed by atoms with Gasteiger partial charge in [0.15, 0.2) is 23.2 Å². The van der Waals surface area contributed by atoms with Crippen LogP contribution in [0.4, 0.5) is 18.9 Å². The van der Waals surface area contributed by atoms with Gasteiger partial charge in [-0.25, -0.2) is 31.6 Å². The molecule has 0 aliphatic heterocycles. The number of methoxy groups -OCH3 is 1. The molecule has 0 saturated carbocycles. The molecule has 0 radical (unpaired) electrons. The molecule has 4 aromatic rings. The van der Waals surface area contributed by atoms with Crippen LogP contribution in [0.1, 0.15) is 15.9 Å². The number of aromatic nitrogens is 2. The zero-order valence-corrected chi connectivity index (χ0v) is 17.7. The molecule has 33 heavy (non-hydrogen) atoms. The van der Waals surface area contributed by atoms with Crippen LogP contribution in [0.3, 0.4) is 0 Å². The van der Waals surface area contributed by atoms with Crippen molar-refractivity contribution in [1.29, 1.82) is 0 Å². The summed E-state index contributed by atoms with van der Waals surface area (Å²) in [4.78, 5) is 20.9. The van der Waals surface area contributed by atoms with Gasteiger partial charge in [-0.05, 0) is 30.3 Å². The van der Waals surface area contributed by atoms with Crippen LogP contribution in [0.15, 0.2) is 65.7 Å². The van der Waals surface area contributed by atoms with E-state index in [1.54, 1.807) is 6.07 Å². The third-order valence-corrected chi connectivity index (χ3v) is 6.05. The smallest absolute Gasteiger partial charge is 0.261 e. The summed E-state index contributed by atoms with van der Waals surface area (Å²) < 4.78 is 75.7. The quantitative estimate of drug-likeness (QED) is 0.335. The van der Waals surface area contributed by atoms with E-state index in [1.807, 2.05) is 4.72 Å². The SMILES string of the molecule is COc1cnc2ccc(C(=O)c3c(F)c(F)cc(NS(=O)(=O)c4ccccc4)c3F)cc2n1. The lowest BCUT2D eigenvalue weighted by Crippen LogP contribution is -2.17. The van der Waals surface area contributed by atoms with E-state index in [0.717, 1.165) is 0 Å². The second-order valence-corrected chi connectivity index (χ2v) is 8.45. The number of benzene rings is 3. The lowest BCUT2D eigenvalue weighted by Gasteiger charge is -2.13. The highest BCUT2D eigenvalue weighted by Gasteiger charge is 2.28. The molecule has 1 heterocycles.